The zero-order valence-corrected chi connectivity index (χ0v) is 29.8. The second-order valence-electron chi connectivity index (χ2n) is 10.4. The molecule has 0 amide bonds. The number of carbonyl (C=O) groups excluding carboxylic acids is 1. The Balaban J connectivity index is 1.61. The first-order valence-corrected chi connectivity index (χ1v) is 16.6. The summed E-state index contributed by atoms with van der Waals surface area (Å²) in [5, 5.41) is 0.649. The van der Waals surface area contributed by atoms with Gasteiger partial charge in [-0.3, -0.25) is 9.36 Å². The van der Waals surface area contributed by atoms with E-state index >= 15 is 0 Å². The molecule has 0 saturated heterocycles. The summed E-state index contributed by atoms with van der Waals surface area (Å²) in [6.45, 7) is 5.61. The molecule has 1 atom stereocenters. The lowest BCUT2D eigenvalue weighted by Crippen LogP contribution is -2.40. The van der Waals surface area contributed by atoms with E-state index in [-0.39, 0.29) is 17.2 Å². The molecule has 2 heterocycles. The average molecular weight is 777 g/mol. The van der Waals surface area contributed by atoms with Gasteiger partial charge in [-0.25, -0.2) is 9.79 Å². The molecule has 0 bridgehead atoms. The van der Waals surface area contributed by atoms with Gasteiger partial charge < -0.3 is 18.9 Å². The number of hydrogen-bond acceptors (Lipinski definition) is 8. The number of benzene rings is 3. The molecule has 4 aromatic rings. The largest absolute Gasteiger partial charge is 0.496 e. The van der Waals surface area contributed by atoms with Gasteiger partial charge in [0, 0.05) is 15.1 Å². The molecule has 0 radical (unpaired) electrons. The minimum absolute atomic E-state index is 0.269. The number of halogens is 3. The Hall–Kier alpha value is -3.38. The van der Waals surface area contributed by atoms with Crippen molar-refractivity contribution in [3.8, 4) is 17.2 Å². The smallest absolute Gasteiger partial charge is 0.338 e. The molecule has 5 rings (SSSR count). The molecule has 1 aliphatic rings. The molecule has 0 fully saturated rings. The first kappa shape index (κ1) is 33.0. The van der Waals surface area contributed by atoms with Gasteiger partial charge in [-0.15, -0.1) is 0 Å². The minimum atomic E-state index is -0.827. The molecule has 0 spiro atoms. The first-order chi connectivity index (χ1) is 21.5. The summed E-state index contributed by atoms with van der Waals surface area (Å²) in [4.78, 5) is 32.7. The molecule has 12 heteroatoms. The number of methoxy groups -OCH3 is 2. The highest BCUT2D eigenvalue weighted by Crippen LogP contribution is 2.39. The molecule has 45 heavy (non-hydrogen) atoms. The second-order valence-corrected chi connectivity index (χ2v) is 13.6. The van der Waals surface area contributed by atoms with E-state index in [1.54, 1.807) is 65.3 Å². The summed E-state index contributed by atoms with van der Waals surface area (Å²) in [6, 6.07) is 15.7. The number of carbonyl (C=O) groups is 1. The van der Waals surface area contributed by atoms with Crippen LogP contribution in [0.15, 0.2) is 84.6 Å². The van der Waals surface area contributed by atoms with Crippen molar-refractivity contribution in [3.63, 3.8) is 0 Å². The van der Waals surface area contributed by atoms with E-state index in [0.29, 0.717) is 59.5 Å². The van der Waals surface area contributed by atoms with Gasteiger partial charge in [-0.1, -0.05) is 51.0 Å². The maximum absolute atomic E-state index is 14.2. The van der Waals surface area contributed by atoms with Crippen molar-refractivity contribution in [2.24, 2.45) is 4.99 Å². The lowest BCUT2D eigenvalue weighted by molar-refractivity contribution is -0.143. The zero-order chi connectivity index (χ0) is 32.4. The standard InChI is InChI=1S/C33H29Br2ClN2O6S/c1-17(2)44-32(40)28-18(3)37-33-38(29(28)23-15-21(34)8-11-25(23)41-4)31(39)27(45-33)14-20-12-24(35)30(26(13-20)42-5)43-16-19-6-9-22(36)10-7-19/h6-15,17,29H,16H2,1-5H3/b27-14-/t29-/m1/s1. The lowest BCUT2D eigenvalue weighted by Gasteiger charge is -2.26. The van der Waals surface area contributed by atoms with Gasteiger partial charge in [-0.2, -0.15) is 0 Å². The van der Waals surface area contributed by atoms with Gasteiger partial charge >= 0.3 is 5.97 Å². The number of allylic oxidation sites excluding steroid dienone is 1. The molecule has 0 unspecified atom stereocenters. The van der Waals surface area contributed by atoms with Gasteiger partial charge in [0.1, 0.15) is 18.4 Å². The van der Waals surface area contributed by atoms with Crippen molar-refractivity contribution in [2.45, 2.75) is 39.5 Å². The van der Waals surface area contributed by atoms with Crippen molar-refractivity contribution < 1.29 is 23.7 Å². The van der Waals surface area contributed by atoms with Crippen LogP contribution >= 0.6 is 54.8 Å². The van der Waals surface area contributed by atoms with Gasteiger partial charge in [0.25, 0.3) is 5.56 Å². The lowest BCUT2D eigenvalue weighted by atomic mass is 9.95. The molecule has 1 aliphatic heterocycles. The SMILES string of the molecule is COc1ccc(Br)cc1[C@@H]1C(C(=O)OC(C)C)=C(C)N=c2s/c(=C\c3cc(Br)c(OCc4ccc(Cl)cc4)c(OC)c3)c(=O)n21. The minimum Gasteiger partial charge on any atom is -0.496 e. The Kier molecular flexibility index (Phi) is 10.2. The molecular weight excluding hydrogens is 748 g/mol. The first-order valence-electron chi connectivity index (χ1n) is 13.8. The third kappa shape index (κ3) is 7.06. The summed E-state index contributed by atoms with van der Waals surface area (Å²) in [5.41, 5.74) is 2.69. The molecule has 1 aromatic heterocycles. The van der Waals surface area contributed by atoms with Gasteiger partial charge in [0.05, 0.1) is 40.6 Å². The van der Waals surface area contributed by atoms with Crippen molar-refractivity contribution in [3.05, 3.63) is 116 Å². The highest BCUT2D eigenvalue weighted by molar-refractivity contribution is 9.10. The maximum atomic E-state index is 14.2. The van der Waals surface area contributed by atoms with Crippen LogP contribution in [0, 0.1) is 0 Å². The van der Waals surface area contributed by atoms with Gasteiger partial charge in [0.2, 0.25) is 0 Å². The van der Waals surface area contributed by atoms with Crippen LogP contribution in [0.25, 0.3) is 6.08 Å². The predicted molar refractivity (Wildman–Crippen MR) is 182 cm³/mol. The summed E-state index contributed by atoms with van der Waals surface area (Å²) < 4.78 is 26.4. The summed E-state index contributed by atoms with van der Waals surface area (Å²) in [6.07, 6.45) is 1.40. The maximum Gasteiger partial charge on any atom is 0.338 e. The van der Waals surface area contributed by atoms with Crippen molar-refractivity contribution >= 4 is 66.8 Å². The number of thiazole rings is 1. The van der Waals surface area contributed by atoms with E-state index < -0.39 is 12.0 Å². The Morgan fingerprint density at radius 2 is 1.78 bits per heavy atom. The van der Waals surface area contributed by atoms with Crippen molar-refractivity contribution in [1.29, 1.82) is 0 Å². The topological polar surface area (TPSA) is 88.4 Å². The molecule has 0 N–H and O–H groups in total. The number of nitrogens with zero attached hydrogens (tertiary/aromatic N) is 2. The Labute approximate surface area is 285 Å². The highest BCUT2D eigenvalue weighted by atomic mass is 79.9. The van der Waals surface area contributed by atoms with Crippen LogP contribution in [-0.4, -0.2) is 30.9 Å². The molecule has 234 valence electrons. The van der Waals surface area contributed by atoms with E-state index in [9.17, 15) is 9.59 Å². The number of rotatable bonds is 9. The van der Waals surface area contributed by atoms with Gasteiger partial charge in [0.15, 0.2) is 16.3 Å². The number of hydrogen-bond donors (Lipinski definition) is 0. The fourth-order valence-corrected chi connectivity index (χ4v) is 7.05. The van der Waals surface area contributed by atoms with E-state index in [1.807, 2.05) is 30.3 Å². The summed E-state index contributed by atoms with van der Waals surface area (Å²) in [7, 11) is 3.10. The Morgan fingerprint density at radius 1 is 1.07 bits per heavy atom. The monoisotopic (exact) mass is 774 g/mol. The van der Waals surface area contributed by atoms with Crippen molar-refractivity contribution in [2.75, 3.05) is 14.2 Å². The number of ether oxygens (including phenoxy) is 4. The predicted octanol–water partition coefficient (Wildman–Crippen LogP) is 6.96. The fraction of sp³-hybridized carbons (Fsp3) is 0.242. The molecule has 8 nitrogen and oxygen atoms in total. The van der Waals surface area contributed by atoms with Crippen LogP contribution in [0.3, 0.4) is 0 Å². The molecular formula is C33H29Br2ClN2O6S. The van der Waals surface area contributed by atoms with Crippen LogP contribution in [0.4, 0.5) is 0 Å². The van der Waals surface area contributed by atoms with Crippen LogP contribution in [-0.2, 0) is 16.1 Å². The number of fused-ring (bicyclic) bond motifs is 1. The van der Waals surface area contributed by atoms with E-state index in [0.717, 1.165) is 10.0 Å². The van der Waals surface area contributed by atoms with E-state index in [2.05, 4.69) is 36.9 Å². The van der Waals surface area contributed by atoms with Crippen LogP contribution in [0.1, 0.15) is 43.5 Å². The zero-order valence-electron chi connectivity index (χ0n) is 25.0. The number of esters is 1. The summed E-state index contributed by atoms with van der Waals surface area (Å²) in [5.74, 6) is 0.987. The Bertz CT molecular complexity index is 1990. The van der Waals surface area contributed by atoms with Crippen LogP contribution in [0.2, 0.25) is 5.02 Å². The summed E-state index contributed by atoms with van der Waals surface area (Å²) >= 11 is 14.4. The van der Waals surface area contributed by atoms with E-state index in [4.69, 9.17) is 30.5 Å². The fourth-order valence-electron chi connectivity index (χ4n) is 4.92. The third-order valence-electron chi connectivity index (χ3n) is 6.92. The number of aromatic nitrogens is 1. The van der Waals surface area contributed by atoms with E-state index in [1.165, 1.54) is 15.9 Å². The third-order valence-corrected chi connectivity index (χ3v) is 9.23. The normalized spacial score (nSPS) is 14.7. The van der Waals surface area contributed by atoms with Crippen LogP contribution in [0.5, 0.6) is 17.2 Å². The second kappa shape index (κ2) is 13.9. The average Bonchev–Trinajstić information content (AvgIpc) is 3.29. The van der Waals surface area contributed by atoms with Crippen molar-refractivity contribution in [1.82, 2.24) is 4.57 Å². The molecule has 0 saturated carbocycles. The van der Waals surface area contributed by atoms with Crippen LogP contribution < -0.4 is 29.1 Å². The highest BCUT2D eigenvalue weighted by Gasteiger charge is 2.35. The van der Waals surface area contributed by atoms with Gasteiger partial charge in [-0.05, 0) is 96.4 Å². The molecule has 0 aliphatic carbocycles. The quantitative estimate of drug-likeness (QED) is 0.171. The Morgan fingerprint density at radius 3 is 2.44 bits per heavy atom. The molecule has 3 aromatic carbocycles.